The van der Waals surface area contributed by atoms with E-state index in [4.69, 9.17) is 10.8 Å². The number of likely N-dealkylation sites (tertiary alicyclic amines) is 1. The van der Waals surface area contributed by atoms with Crippen molar-refractivity contribution < 1.29 is 34.2 Å². The molecule has 11 heteroatoms. The molecule has 6 N–H and O–H groups in total. The molecule has 1 fully saturated rings. The Morgan fingerprint density at radius 1 is 1.10 bits per heavy atom. The van der Waals surface area contributed by atoms with Gasteiger partial charge in [-0.05, 0) is 25.7 Å². The zero-order chi connectivity index (χ0) is 22.3. The minimum Gasteiger partial charge on any atom is -0.481 e. The van der Waals surface area contributed by atoms with Crippen LogP contribution >= 0.6 is 0 Å². The summed E-state index contributed by atoms with van der Waals surface area (Å²) in [6.45, 7) is 5.22. The number of amides is 3. The van der Waals surface area contributed by atoms with E-state index in [1.165, 1.54) is 6.92 Å². The molecule has 0 bridgehead atoms. The Hall–Kier alpha value is -2.69. The van der Waals surface area contributed by atoms with Crippen molar-refractivity contribution in [2.45, 2.75) is 70.6 Å². The fourth-order valence-corrected chi connectivity index (χ4v) is 3.05. The van der Waals surface area contributed by atoms with Crippen LogP contribution in [0.4, 0.5) is 0 Å². The number of nitrogens with one attached hydrogen (secondary N) is 2. The molecule has 1 aliphatic heterocycles. The number of carboxylic acid groups (broad SMARTS) is 2. The van der Waals surface area contributed by atoms with E-state index in [1.807, 2.05) is 6.92 Å². The number of nitrogens with two attached hydrogens (primary N) is 1. The molecule has 0 aromatic heterocycles. The summed E-state index contributed by atoms with van der Waals surface area (Å²) in [7, 11) is 0. The van der Waals surface area contributed by atoms with Gasteiger partial charge in [-0.25, -0.2) is 4.79 Å². The van der Waals surface area contributed by atoms with Crippen molar-refractivity contribution in [2.24, 2.45) is 11.7 Å². The predicted octanol–water partition coefficient (Wildman–Crippen LogP) is -1.10. The lowest BCUT2D eigenvalue weighted by Gasteiger charge is -2.27. The van der Waals surface area contributed by atoms with Crippen LogP contribution in [0, 0.1) is 5.92 Å². The van der Waals surface area contributed by atoms with Gasteiger partial charge >= 0.3 is 11.9 Å². The molecule has 1 heterocycles. The molecule has 0 spiro atoms. The summed E-state index contributed by atoms with van der Waals surface area (Å²) >= 11 is 0. The third-order valence-electron chi connectivity index (χ3n) is 5.13. The highest BCUT2D eigenvalue weighted by Gasteiger charge is 2.38. The molecule has 29 heavy (non-hydrogen) atoms. The number of carbonyl (C=O) groups is 5. The number of nitrogens with zero attached hydrogens (tertiary/aromatic N) is 1. The van der Waals surface area contributed by atoms with Crippen LogP contribution in [0.15, 0.2) is 0 Å². The summed E-state index contributed by atoms with van der Waals surface area (Å²) in [6, 6.07) is -4.37. The van der Waals surface area contributed by atoms with Gasteiger partial charge in [-0.2, -0.15) is 0 Å². The van der Waals surface area contributed by atoms with Crippen LogP contribution in [-0.2, 0) is 24.0 Å². The van der Waals surface area contributed by atoms with Crippen molar-refractivity contribution in [2.75, 3.05) is 6.54 Å². The van der Waals surface area contributed by atoms with E-state index in [0.717, 1.165) is 4.90 Å². The van der Waals surface area contributed by atoms with Crippen molar-refractivity contribution in [3.63, 3.8) is 0 Å². The molecule has 1 saturated heterocycles. The van der Waals surface area contributed by atoms with Crippen LogP contribution in [0.25, 0.3) is 0 Å². The second-order valence-electron chi connectivity index (χ2n) is 7.33. The minimum atomic E-state index is -1.44. The van der Waals surface area contributed by atoms with E-state index in [2.05, 4.69) is 10.6 Å². The minimum absolute atomic E-state index is 0.102. The summed E-state index contributed by atoms with van der Waals surface area (Å²) in [5, 5.41) is 23.1. The van der Waals surface area contributed by atoms with Gasteiger partial charge in [0.1, 0.15) is 18.1 Å². The van der Waals surface area contributed by atoms with Gasteiger partial charge in [0.05, 0.1) is 12.5 Å². The maximum atomic E-state index is 12.7. The van der Waals surface area contributed by atoms with Crippen LogP contribution in [-0.4, -0.2) is 75.5 Å². The molecular weight excluding hydrogens is 384 g/mol. The van der Waals surface area contributed by atoms with Crippen LogP contribution in [0.5, 0.6) is 0 Å². The predicted molar refractivity (Wildman–Crippen MR) is 102 cm³/mol. The Bertz CT molecular complexity index is 654. The van der Waals surface area contributed by atoms with Gasteiger partial charge in [0, 0.05) is 6.54 Å². The first kappa shape index (κ1) is 24.3. The SMILES string of the molecule is CCC(C)C(N)C(=O)NC(C)C(=O)NC(CC(=O)O)C(=O)N1CCCC1C(=O)O. The molecule has 5 atom stereocenters. The number of carboxylic acids is 2. The van der Waals surface area contributed by atoms with E-state index in [1.54, 1.807) is 6.92 Å². The zero-order valence-electron chi connectivity index (χ0n) is 16.9. The average Bonchev–Trinajstić information content (AvgIpc) is 3.15. The van der Waals surface area contributed by atoms with Gasteiger partial charge in [-0.3, -0.25) is 19.2 Å². The van der Waals surface area contributed by atoms with E-state index >= 15 is 0 Å². The van der Waals surface area contributed by atoms with Crippen LogP contribution in [0.1, 0.15) is 46.5 Å². The van der Waals surface area contributed by atoms with Gasteiger partial charge in [0.25, 0.3) is 0 Å². The smallest absolute Gasteiger partial charge is 0.326 e. The van der Waals surface area contributed by atoms with E-state index in [9.17, 15) is 29.1 Å². The Kier molecular flexibility index (Phi) is 9.02. The molecule has 3 amide bonds. The number of hydrogen-bond donors (Lipinski definition) is 5. The molecule has 0 aromatic carbocycles. The third kappa shape index (κ3) is 6.70. The molecule has 0 aromatic rings. The molecule has 1 aliphatic rings. The highest BCUT2D eigenvalue weighted by molar-refractivity contribution is 5.95. The number of carbonyl (C=O) groups excluding carboxylic acids is 3. The number of hydrogen-bond acceptors (Lipinski definition) is 6. The second kappa shape index (κ2) is 10.7. The van der Waals surface area contributed by atoms with E-state index < -0.39 is 60.2 Å². The summed E-state index contributed by atoms with van der Waals surface area (Å²) < 4.78 is 0. The summed E-state index contributed by atoms with van der Waals surface area (Å²) in [5.74, 6) is -4.69. The molecule has 0 aliphatic carbocycles. The van der Waals surface area contributed by atoms with Gasteiger partial charge in [0.2, 0.25) is 17.7 Å². The van der Waals surface area contributed by atoms with Crippen molar-refractivity contribution >= 4 is 29.7 Å². The lowest BCUT2D eigenvalue weighted by atomic mass is 9.99. The first-order valence-corrected chi connectivity index (χ1v) is 9.60. The fourth-order valence-electron chi connectivity index (χ4n) is 3.05. The molecule has 1 rings (SSSR count). The molecule has 0 radical (unpaired) electrons. The normalized spacial score (nSPS) is 20.3. The number of rotatable bonds is 10. The quantitative estimate of drug-likeness (QED) is 0.299. The molecule has 11 nitrogen and oxygen atoms in total. The number of aliphatic carboxylic acids is 2. The van der Waals surface area contributed by atoms with Crippen molar-refractivity contribution in [1.29, 1.82) is 0 Å². The topological polar surface area (TPSA) is 179 Å². The van der Waals surface area contributed by atoms with E-state index in [0.29, 0.717) is 12.8 Å². The summed E-state index contributed by atoms with van der Waals surface area (Å²) in [5.41, 5.74) is 5.82. The van der Waals surface area contributed by atoms with Crippen molar-refractivity contribution in [3.05, 3.63) is 0 Å². The molecule has 0 saturated carbocycles. The monoisotopic (exact) mass is 414 g/mol. The lowest BCUT2D eigenvalue weighted by Crippen LogP contribution is -2.57. The molecular formula is C18H30N4O7. The fraction of sp³-hybridized carbons (Fsp3) is 0.722. The molecule has 164 valence electrons. The van der Waals surface area contributed by atoms with E-state index in [-0.39, 0.29) is 18.9 Å². The Labute approximate surface area is 169 Å². The van der Waals surface area contributed by atoms with Crippen molar-refractivity contribution in [3.8, 4) is 0 Å². The Balaban J connectivity index is 2.82. The van der Waals surface area contributed by atoms with Crippen molar-refractivity contribution in [1.82, 2.24) is 15.5 Å². The Morgan fingerprint density at radius 2 is 1.72 bits per heavy atom. The standard InChI is InChI=1S/C18H30N4O7/c1-4-9(2)14(19)16(26)20-10(3)15(25)21-11(8-13(23)24)17(27)22-7-5-6-12(22)18(28)29/h9-12,14H,4-8,19H2,1-3H3,(H,20,26)(H,21,25)(H,23,24)(H,28,29). The van der Waals surface area contributed by atoms with Gasteiger partial charge < -0.3 is 31.5 Å². The first-order chi connectivity index (χ1) is 13.5. The maximum Gasteiger partial charge on any atom is 0.326 e. The Morgan fingerprint density at radius 3 is 2.24 bits per heavy atom. The lowest BCUT2D eigenvalue weighted by molar-refractivity contribution is -0.150. The van der Waals surface area contributed by atoms with Crippen LogP contribution < -0.4 is 16.4 Å². The highest BCUT2D eigenvalue weighted by Crippen LogP contribution is 2.19. The largest absolute Gasteiger partial charge is 0.481 e. The summed E-state index contributed by atoms with van der Waals surface area (Å²) in [6.07, 6.45) is 0.691. The van der Waals surface area contributed by atoms with Crippen LogP contribution in [0.3, 0.4) is 0 Å². The van der Waals surface area contributed by atoms with Gasteiger partial charge in [-0.15, -0.1) is 0 Å². The highest BCUT2D eigenvalue weighted by atomic mass is 16.4. The van der Waals surface area contributed by atoms with Crippen LogP contribution in [0.2, 0.25) is 0 Å². The second-order valence-corrected chi connectivity index (χ2v) is 7.33. The third-order valence-corrected chi connectivity index (χ3v) is 5.13. The molecule has 5 unspecified atom stereocenters. The van der Waals surface area contributed by atoms with Gasteiger partial charge in [-0.1, -0.05) is 20.3 Å². The first-order valence-electron chi connectivity index (χ1n) is 9.60. The average molecular weight is 414 g/mol. The zero-order valence-corrected chi connectivity index (χ0v) is 16.9. The summed E-state index contributed by atoms with van der Waals surface area (Å²) in [4.78, 5) is 60.8. The van der Waals surface area contributed by atoms with Gasteiger partial charge in [0.15, 0.2) is 0 Å². The maximum absolute atomic E-state index is 12.7.